The number of rotatable bonds is 5. The summed E-state index contributed by atoms with van der Waals surface area (Å²) >= 11 is 0. The largest absolute Gasteiger partial charge is 0.392 e. The van der Waals surface area contributed by atoms with E-state index in [2.05, 4.69) is 22.4 Å². The number of imidazole rings is 1. The Balaban J connectivity index is 1.46. The summed E-state index contributed by atoms with van der Waals surface area (Å²) < 4.78 is 1.85. The van der Waals surface area contributed by atoms with Crippen LogP contribution in [0, 0.1) is 0 Å². The number of benzene rings is 2. The number of aliphatic hydroxyl groups excluding tert-OH is 1. The fraction of sp³-hybridized carbons (Fsp3) is 0.182. The lowest BCUT2D eigenvalue weighted by atomic mass is 10.1. The van der Waals surface area contributed by atoms with E-state index < -0.39 is 0 Å². The molecule has 0 spiro atoms. The van der Waals surface area contributed by atoms with Crippen molar-refractivity contribution in [3.05, 3.63) is 89.5 Å². The second kappa shape index (κ2) is 7.60. The highest BCUT2D eigenvalue weighted by Gasteiger charge is 2.22. The zero-order valence-corrected chi connectivity index (χ0v) is 14.9. The molecule has 1 amide bonds. The third-order valence-electron chi connectivity index (χ3n) is 4.93. The standard InChI is InChI=1S/C22H21N3O2/c26-14-18-13-16(5-9-21(18)25-12-11-23-15-25)6-10-22(27)24-20-8-7-17-3-1-2-4-19(17)20/h1-6,9-13,15,20,26H,7-8,14H2,(H,24,27). The molecule has 1 aromatic heterocycles. The summed E-state index contributed by atoms with van der Waals surface area (Å²) in [6.45, 7) is -0.0831. The van der Waals surface area contributed by atoms with E-state index in [-0.39, 0.29) is 18.6 Å². The maximum atomic E-state index is 12.3. The first-order valence-corrected chi connectivity index (χ1v) is 9.03. The Morgan fingerprint density at radius 3 is 3.00 bits per heavy atom. The molecule has 1 unspecified atom stereocenters. The van der Waals surface area contributed by atoms with Crippen molar-refractivity contribution in [3.8, 4) is 5.69 Å². The van der Waals surface area contributed by atoms with E-state index in [0.717, 1.165) is 29.7 Å². The zero-order valence-electron chi connectivity index (χ0n) is 14.9. The van der Waals surface area contributed by atoms with Gasteiger partial charge in [-0.15, -0.1) is 0 Å². The highest BCUT2D eigenvalue weighted by molar-refractivity contribution is 5.92. The lowest BCUT2D eigenvalue weighted by Gasteiger charge is -2.12. The van der Waals surface area contributed by atoms with E-state index in [4.69, 9.17) is 0 Å². The summed E-state index contributed by atoms with van der Waals surface area (Å²) in [5, 5.41) is 12.7. The summed E-state index contributed by atoms with van der Waals surface area (Å²) in [6, 6.07) is 14.0. The average Bonchev–Trinajstić information content (AvgIpc) is 3.37. The van der Waals surface area contributed by atoms with Gasteiger partial charge < -0.3 is 15.0 Å². The number of amides is 1. The first-order valence-electron chi connectivity index (χ1n) is 9.03. The Labute approximate surface area is 158 Å². The number of fused-ring (bicyclic) bond motifs is 1. The third kappa shape index (κ3) is 3.68. The van der Waals surface area contributed by atoms with E-state index in [1.54, 1.807) is 24.7 Å². The van der Waals surface area contributed by atoms with Crippen LogP contribution in [0.15, 0.2) is 67.3 Å². The summed E-state index contributed by atoms with van der Waals surface area (Å²) in [5.74, 6) is -0.110. The average molecular weight is 359 g/mol. The number of aromatic nitrogens is 2. The summed E-state index contributed by atoms with van der Waals surface area (Å²) in [4.78, 5) is 16.4. The van der Waals surface area contributed by atoms with E-state index in [1.807, 2.05) is 41.1 Å². The molecule has 0 saturated heterocycles. The quantitative estimate of drug-likeness (QED) is 0.688. The predicted molar refractivity (Wildman–Crippen MR) is 104 cm³/mol. The Kier molecular flexibility index (Phi) is 4.85. The SMILES string of the molecule is O=C(C=Cc1ccc(-n2ccnc2)c(CO)c1)NC1CCc2ccccc21. The maximum absolute atomic E-state index is 12.3. The molecular weight excluding hydrogens is 338 g/mol. The minimum Gasteiger partial charge on any atom is -0.392 e. The van der Waals surface area contributed by atoms with Crippen LogP contribution in [0.5, 0.6) is 0 Å². The molecule has 1 atom stereocenters. The van der Waals surface area contributed by atoms with Crippen LogP contribution in [0.1, 0.15) is 34.7 Å². The summed E-state index contributed by atoms with van der Waals surface area (Å²) in [6.07, 6.45) is 10.5. The Morgan fingerprint density at radius 1 is 1.30 bits per heavy atom. The monoisotopic (exact) mass is 359 g/mol. The molecule has 0 aliphatic heterocycles. The van der Waals surface area contributed by atoms with Gasteiger partial charge in [-0.1, -0.05) is 30.3 Å². The van der Waals surface area contributed by atoms with Gasteiger partial charge in [0.1, 0.15) is 0 Å². The van der Waals surface area contributed by atoms with Crippen molar-refractivity contribution in [1.29, 1.82) is 0 Å². The first-order chi connectivity index (χ1) is 13.2. The molecule has 0 bridgehead atoms. The Hall–Kier alpha value is -3.18. The van der Waals surface area contributed by atoms with Crippen LogP contribution in [0.3, 0.4) is 0 Å². The topological polar surface area (TPSA) is 67.2 Å². The van der Waals surface area contributed by atoms with Gasteiger partial charge in [0, 0.05) is 24.0 Å². The molecule has 3 aromatic rings. The van der Waals surface area contributed by atoms with Gasteiger partial charge in [-0.25, -0.2) is 4.98 Å². The fourth-order valence-electron chi connectivity index (χ4n) is 3.59. The molecule has 4 rings (SSSR count). The fourth-order valence-corrected chi connectivity index (χ4v) is 3.59. The van der Waals surface area contributed by atoms with Gasteiger partial charge in [-0.2, -0.15) is 0 Å². The first kappa shape index (κ1) is 17.2. The summed E-state index contributed by atoms with van der Waals surface area (Å²) in [5.41, 5.74) is 5.05. The second-order valence-corrected chi connectivity index (χ2v) is 6.65. The number of aliphatic hydroxyl groups is 1. The van der Waals surface area contributed by atoms with Crippen LogP contribution in [0.25, 0.3) is 11.8 Å². The molecule has 2 aromatic carbocycles. The van der Waals surface area contributed by atoms with Gasteiger partial charge in [0.2, 0.25) is 5.91 Å². The van der Waals surface area contributed by atoms with Crippen molar-refractivity contribution in [2.75, 3.05) is 0 Å². The molecule has 5 nitrogen and oxygen atoms in total. The molecule has 1 aliphatic carbocycles. The van der Waals surface area contributed by atoms with Crippen molar-refractivity contribution >= 4 is 12.0 Å². The smallest absolute Gasteiger partial charge is 0.244 e. The molecule has 27 heavy (non-hydrogen) atoms. The second-order valence-electron chi connectivity index (χ2n) is 6.65. The van der Waals surface area contributed by atoms with Crippen molar-refractivity contribution in [2.45, 2.75) is 25.5 Å². The molecule has 0 radical (unpaired) electrons. The van der Waals surface area contributed by atoms with Gasteiger partial charge in [0.05, 0.1) is 24.7 Å². The molecule has 0 saturated carbocycles. The Bertz CT molecular complexity index is 977. The van der Waals surface area contributed by atoms with E-state index in [0.29, 0.717) is 0 Å². The number of nitrogens with zero attached hydrogens (tertiary/aromatic N) is 2. The van der Waals surface area contributed by atoms with Crippen molar-refractivity contribution < 1.29 is 9.90 Å². The van der Waals surface area contributed by atoms with Gasteiger partial charge in [-0.3, -0.25) is 4.79 Å². The number of hydrogen-bond acceptors (Lipinski definition) is 3. The van der Waals surface area contributed by atoms with Gasteiger partial charge in [-0.05, 0) is 47.7 Å². The number of aryl methyl sites for hydroxylation is 1. The lowest BCUT2D eigenvalue weighted by Crippen LogP contribution is -2.25. The minimum absolute atomic E-state index is 0.0787. The third-order valence-corrected chi connectivity index (χ3v) is 4.93. The van der Waals surface area contributed by atoms with Crippen LogP contribution in [-0.4, -0.2) is 20.6 Å². The molecular formula is C22H21N3O2. The van der Waals surface area contributed by atoms with E-state index in [9.17, 15) is 9.90 Å². The van der Waals surface area contributed by atoms with Crippen LogP contribution in [0.2, 0.25) is 0 Å². The number of nitrogens with one attached hydrogen (secondary N) is 1. The normalized spacial score (nSPS) is 15.8. The van der Waals surface area contributed by atoms with Gasteiger partial charge in [0.15, 0.2) is 0 Å². The van der Waals surface area contributed by atoms with Crippen LogP contribution in [0.4, 0.5) is 0 Å². The zero-order chi connectivity index (χ0) is 18.6. The van der Waals surface area contributed by atoms with Crippen molar-refractivity contribution in [3.63, 3.8) is 0 Å². The van der Waals surface area contributed by atoms with E-state index >= 15 is 0 Å². The number of carbonyl (C=O) groups excluding carboxylic acids is 1. The van der Waals surface area contributed by atoms with Crippen LogP contribution in [-0.2, 0) is 17.8 Å². The number of hydrogen-bond donors (Lipinski definition) is 2. The predicted octanol–water partition coefficient (Wildman–Crippen LogP) is 3.18. The van der Waals surface area contributed by atoms with Crippen molar-refractivity contribution in [2.24, 2.45) is 0 Å². The van der Waals surface area contributed by atoms with Crippen LogP contribution < -0.4 is 5.32 Å². The van der Waals surface area contributed by atoms with Gasteiger partial charge in [0.25, 0.3) is 0 Å². The number of carbonyl (C=O) groups is 1. The summed E-state index contributed by atoms with van der Waals surface area (Å²) in [7, 11) is 0. The lowest BCUT2D eigenvalue weighted by molar-refractivity contribution is -0.117. The molecule has 1 aliphatic rings. The molecule has 5 heteroatoms. The van der Waals surface area contributed by atoms with Gasteiger partial charge >= 0.3 is 0 Å². The highest BCUT2D eigenvalue weighted by Crippen LogP contribution is 2.30. The highest BCUT2D eigenvalue weighted by atomic mass is 16.3. The molecule has 136 valence electrons. The van der Waals surface area contributed by atoms with Crippen LogP contribution >= 0.6 is 0 Å². The molecule has 2 N–H and O–H groups in total. The molecule has 1 heterocycles. The Morgan fingerprint density at radius 2 is 2.19 bits per heavy atom. The maximum Gasteiger partial charge on any atom is 0.244 e. The van der Waals surface area contributed by atoms with Crippen molar-refractivity contribution in [1.82, 2.24) is 14.9 Å². The van der Waals surface area contributed by atoms with E-state index in [1.165, 1.54) is 11.1 Å². The molecule has 0 fully saturated rings. The minimum atomic E-state index is -0.110.